The van der Waals surface area contributed by atoms with E-state index in [0.717, 1.165) is 18.4 Å². The van der Waals surface area contributed by atoms with Crippen molar-refractivity contribution >= 4 is 23.6 Å². The van der Waals surface area contributed by atoms with E-state index in [1.807, 2.05) is 24.3 Å². The molecule has 1 aromatic rings. The van der Waals surface area contributed by atoms with E-state index in [9.17, 15) is 9.59 Å². The van der Waals surface area contributed by atoms with Crippen LogP contribution in [0.5, 0.6) is 0 Å². The summed E-state index contributed by atoms with van der Waals surface area (Å²) in [5.74, 6) is -0.860. The van der Waals surface area contributed by atoms with E-state index in [2.05, 4.69) is 10.6 Å². The zero-order chi connectivity index (χ0) is 17.4. The van der Waals surface area contributed by atoms with Crippen LogP contribution in [0.2, 0.25) is 5.02 Å². The second kappa shape index (κ2) is 8.89. The Balaban J connectivity index is 1.91. The summed E-state index contributed by atoms with van der Waals surface area (Å²) < 4.78 is 5.47. The van der Waals surface area contributed by atoms with Crippen LogP contribution >= 0.6 is 11.6 Å². The minimum atomic E-state index is -0.860. The predicted molar refractivity (Wildman–Crippen MR) is 91.5 cm³/mol. The smallest absolute Gasteiger partial charge is 0.314 e. The summed E-state index contributed by atoms with van der Waals surface area (Å²) in [4.78, 5) is 22.4. The molecule has 132 valence electrons. The number of urea groups is 1. The molecule has 2 rings (SSSR count). The fourth-order valence-electron chi connectivity index (χ4n) is 2.89. The fourth-order valence-corrected chi connectivity index (χ4v) is 3.01. The van der Waals surface area contributed by atoms with Crippen LogP contribution in [-0.4, -0.2) is 43.4 Å². The summed E-state index contributed by atoms with van der Waals surface area (Å²) in [6, 6.07) is 7.44. The maximum absolute atomic E-state index is 11.9. The van der Waals surface area contributed by atoms with Gasteiger partial charge in [0.2, 0.25) is 0 Å². The first kappa shape index (κ1) is 18.5. The molecule has 0 unspecified atom stereocenters. The third kappa shape index (κ3) is 5.39. The van der Waals surface area contributed by atoms with Crippen LogP contribution in [0.25, 0.3) is 0 Å². The van der Waals surface area contributed by atoms with Gasteiger partial charge in [-0.15, -0.1) is 0 Å². The highest BCUT2D eigenvalue weighted by atomic mass is 35.5. The number of hydrogen-bond acceptors (Lipinski definition) is 3. The summed E-state index contributed by atoms with van der Waals surface area (Å²) in [6.45, 7) is 2.16. The van der Waals surface area contributed by atoms with Crippen LogP contribution in [0.3, 0.4) is 0 Å². The standard InChI is InChI=1S/C17H23ClN2O4/c18-14-5-3-13(4-6-14)17(7-10-24-11-8-17)12-20-16(23)19-9-1-2-15(21)22/h3-6H,1-2,7-12H2,(H,21,22)(H2,19,20,23). The number of carbonyl (C=O) groups is 2. The maximum atomic E-state index is 11.9. The molecule has 1 aromatic carbocycles. The van der Waals surface area contributed by atoms with Gasteiger partial charge in [0.1, 0.15) is 0 Å². The van der Waals surface area contributed by atoms with E-state index in [4.69, 9.17) is 21.4 Å². The molecule has 0 radical (unpaired) electrons. The van der Waals surface area contributed by atoms with E-state index < -0.39 is 5.97 Å². The van der Waals surface area contributed by atoms with Crippen LogP contribution < -0.4 is 10.6 Å². The number of ether oxygens (including phenoxy) is 1. The predicted octanol–water partition coefficient (Wildman–Crippen LogP) is 2.55. The zero-order valence-electron chi connectivity index (χ0n) is 13.5. The molecule has 1 saturated heterocycles. The van der Waals surface area contributed by atoms with Crippen LogP contribution in [0.1, 0.15) is 31.2 Å². The van der Waals surface area contributed by atoms with Gasteiger partial charge in [-0.05, 0) is 37.0 Å². The maximum Gasteiger partial charge on any atom is 0.314 e. The van der Waals surface area contributed by atoms with Crippen molar-refractivity contribution < 1.29 is 19.4 Å². The van der Waals surface area contributed by atoms with Crippen molar-refractivity contribution in [1.29, 1.82) is 0 Å². The number of carbonyl (C=O) groups excluding carboxylic acids is 1. The Hall–Kier alpha value is -1.79. The summed E-state index contributed by atoms with van der Waals surface area (Å²) in [6.07, 6.45) is 2.12. The fraction of sp³-hybridized carbons (Fsp3) is 0.529. The third-order valence-electron chi connectivity index (χ3n) is 4.35. The van der Waals surface area contributed by atoms with Gasteiger partial charge >= 0.3 is 12.0 Å². The highest BCUT2D eigenvalue weighted by Crippen LogP contribution is 2.34. The number of hydrogen-bond donors (Lipinski definition) is 3. The number of carboxylic acid groups (broad SMARTS) is 1. The number of halogens is 1. The number of carboxylic acids is 1. The summed E-state index contributed by atoms with van der Waals surface area (Å²) in [7, 11) is 0. The normalized spacial score (nSPS) is 16.4. The molecule has 0 atom stereocenters. The van der Waals surface area contributed by atoms with Crippen LogP contribution in [0, 0.1) is 0 Å². The molecule has 1 aliphatic rings. The largest absolute Gasteiger partial charge is 0.481 e. The second-order valence-electron chi connectivity index (χ2n) is 6.01. The van der Waals surface area contributed by atoms with Crippen LogP contribution in [-0.2, 0) is 14.9 Å². The van der Waals surface area contributed by atoms with E-state index in [-0.39, 0.29) is 17.9 Å². The van der Waals surface area contributed by atoms with E-state index in [1.165, 1.54) is 0 Å². The molecule has 3 N–H and O–H groups in total. The Labute approximate surface area is 146 Å². The molecule has 0 spiro atoms. The lowest BCUT2D eigenvalue weighted by molar-refractivity contribution is -0.137. The molecule has 24 heavy (non-hydrogen) atoms. The Morgan fingerprint density at radius 3 is 2.46 bits per heavy atom. The van der Waals surface area contributed by atoms with E-state index >= 15 is 0 Å². The molecule has 7 heteroatoms. The van der Waals surface area contributed by atoms with Gasteiger partial charge in [-0.2, -0.15) is 0 Å². The lowest BCUT2D eigenvalue weighted by Crippen LogP contribution is -2.47. The molecule has 6 nitrogen and oxygen atoms in total. The van der Waals surface area contributed by atoms with Gasteiger partial charge in [0.15, 0.2) is 0 Å². The van der Waals surface area contributed by atoms with Crippen molar-refractivity contribution in [3.63, 3.8) is 0 Å². The third-order valence-corrected chi connectivity index (χ3v) is 4.60. The van der Waals surface area contributed by atoms with Crippen molar-refractivity contribution in [3.05, 3.63) is 34.9 Å². The van der Waals surface area contributed by atoms with E-state index in [1.54, 1.807) is 0 Å². The Bertz CT molecular complexity index is 556. The topological polar surface area (TPSA) is 87.7 Å². The zero-order valence-corrected chi connectivity index (χ0v) is 14.3. The minimum Gasteiger partial charge on any atom is -0.481 e. The van der Waals surface area contributed by atoms with Gasteiger partial charge < -0.3 is 20.5 Å². The number of nitrogens with one attached hydrogen (secondary N) is 2. The van der Waals surface area contributed by atoms with Crippen LogP contribution in [0.4, 0.5) is 4.79 Å². The van der Waals surface area contributed by atoms with Gasteiger partial charge in [0, 0.05) is 43.2 Å². The van der Waals surface area contributed by atoms with Gasteiger partial charge in [-0.25, -0.2) is 4.79 Å². The molecule has 0 aliphatic carbocycles. The molecule has 1 heterocycles. The van der Waals surface area contributed by atoms with Gasteiger partial charge in [-0.1, -0.05) is 23.7 Å². The SMILES string of the molecule is O=C(O)CCCNC(=O)NCC1(c2ccc(Cl)cc2)CCOCC1. The first-order valence-corrected chi connectivity index (χ1v) is 8.47. The average molecular weight is 355 g/mol. The van der Waals surface area contributed by atoms with Crippen molar-refractivity contribution in [2.24, 2.45) is 0 Å². The average Bonchev–Trinajstić information content (AvgIpc) is 2.58. The van der Waals surface area contributed by atoms with Crippen molar-refractivity contribution in [2.45, 2.75) is 31.1 Å². The highest BCUT2D eigenvalue weighted by Gasteiger charge is 2.34. The quantitative estimate of drug-likeness (QED) is 0.657. The molecule has 0 bridgehead atoms. The summed E-state index contributed by atoms with van der Waals surface area (Å²) in [5, 5.41) is 14.9. The molecule has 1 aliphatic heterocycles. The van der Waals surface area contributed by atoms with Gasteiger partial charge in [-0.3, -0.25) is 4.79 Å². The lowest BCUT2D eigenvalue weighted by Gasteiger charge is -2.38. The van der Waals surface area contributed by atoms with Crippen molar-refractivity contribution in [3.8, 4) is 0 Å². The first-order chi connectivity index (χ1) is 11.5. The highest BCUT2D eigenvalue weighted by molar-refractivity contribution is 6.30. The summed E-state index contributed by atoms with van der Waals surface area (Å²) >= 11 is 5.97. The number of rotatable bonds is 7. The minimum absolute atomic E-state index is 0.0479. The summed E-state index contributed by atoms with van der Waals surface area (Å²) in [5.41, 5.74) is 0.975. The monoisotopic (exact) mass is 354 g/mol. The Morgan fingerprint density at radius 2 is 1.83 bits per heavy atom. The van der Waals surface area contributed by atoms with Crippen LogP contribution in [0.15, 0.2) is 24.3 Å². The van der Waals surface area contributed by atoms with Crippen molar-refractivity contribution in [1.82, 2.24) is 10.6 Å². The molecule has 1 fully saturated rings. The Kier molecular flexibility index (Phi) is 6.87. The molecule has 2 amide bonds. The van der Waals surface area contributed by atoms with Gasteiger partial charge in [0.05, 0.1) is 0 Å². The molecule has 0 aromatic heterocycles. The number of benzene rings is 1. The number of amides is 2. The lowest BCUT2D eigenvalue weighted by atomic mass is 9.74. The second-order valence-corrected chi connectivity index (χ2v) is 6.44. The molecular formula is C17H23ClN2O4. The molecular weight excluding hydrogens is 332 g/mol. The molecule has 0 saturated carbocycles. The first-order valence-electron chi connectivity index (χ1n) is 8.09. The van der Waals surface area contributed by atoms with Gasteiger partial charge in [0.25, 0.3) is 0 Å². The Morgan fingerprint density at radius 1 is 1.17 bits per heavy atom. The van der Waals surface area contributed by atoms with E-state index in [0.29, 0.717) is 37.7 Å². The van der Waals surface area contributed by atoms with Crippen molar-refractivity contribution in [2.75, 3.05) is 26.3 Å². The number of aliphatic carboxylic acids is 1.